The van der Waals surface area contributed by atoms with Gasteiger partial charge in [0.2, 0.25) is 41.4 Å². The SMILES string of the molecule is CC(C)C[C@H](NC(=O)[C@H](Cc1ccc(O)cc1)NC(=O)[C@H](Cc1c[nH]c2ccccc12)NC(=O)[C@H](CO)NC(=O)[C@@H](NC(=O)[C@@H](N)CCCCN)C(C)C)C(=O)N[C@@H](CC(=O)O)C(=O)NCC(=O)O. The topological polar surface area (TPSA) is 387 Å². The van der Waals surface area contributed by atoms with Crippen molar-refractivity contribution >= 4 is 64.2 Å². The number of aliphatic carboxylic acids is 2. The van der Waals surface area contributed by atoms with Crippen LogP contribution in [0.5, 0.6) is 5.75 Å². The lowest BCUT2D eigenvalue weighted by Gasteiger charge is -2.28. The van der Waals surface area contributed by atoms with Crippen LogP contribution in [0.1, 0.15) is 70.9 Å². The molecule has 16 N–H and O–H groups in total. The van der Waals surface area contributed by atoms with E-state index >= 15 is 0 Å². The number of aromatic nitrogens is 1. The fraction of sp³-hybridized carbons (Fsp3) is 0.500. The van der Waals surface area contributed by atoms with Gasteiger partial charge in [-0.2, -0.15) is 0 Å². The summed E-state index contributed by atoms with van der Waals surface area (Å²) in [5.41, 5.74) is 13.3. The van der Waals surface area contributed by atoms with Gasteiger partial charge in [0.05, 0.1) is 19.1 Å². The van der Waals surface area contributed by atoms with Crippen molar-refractivity contribution in [3.63, 3.8) is 0 Å². The molecular weight excluding hydrogens is 901 g/mol. The maximum Gasteiger partial charge on any atom is 0.322 e. The number of aliphatic hydroxyl groups excluding tert-OH is 1. The number of aromatic amines is 1. The summed E-state index contributed by atoms with van der Waals surface area (Å²) < 4.78 is 0. The van der Waals surface area contributed by atoms with Gasteiger partial charge < -0.3 is 74.1 Å². The summed E-state index contributed by atoms with van der Waals surface area (Å²) in [4.78, 5) is 122. The van der Waals surface area contributed by atoms with Gasteiger partial charge in [-0.3, -0.25) is 43.2 Å². The number of hydrogen-bond acceptors (Lipinski definition) is 13. The molecule has 23 heteroatoms. The van der Waals surface area contributed by atoms with Gasteiger partial charge in [-0.05, 0) is 67.0 Å². The van der Waals surface area contributed by atoms with Crippen molar-refractivity contribution in [3.05, 3.63) is 65.9 Å². The Morgan fingerprint density at radius 3 is 1.78 bits per heavy atom. The average molecular weight is 967 g/mol. The highest BCUT2D eigenvalue weighted by Crippen LogP contribution is 2.20. The zero-order chi connectivity index (χ0) is 51.4. The number of carboxylic acid groups (broad SMARTS) is 2. The summed E-state index contributed by atoms with van der Waals surface area (Å²) in [6.07, 6.45) is 1.75. The number of fused-ring (bicyclic) bond motifs is 1. The minimum Gasteiger partial charge on any atom is -0.508 e. The number of hydrogen-bond donors (Lipinski definition) is 14. The second-order valence-corrected chi connectivity index (χ2v) is 17.4. The van der Waals surface area contributed by atoms with E-state index in [0.29, 0.717) is 47.8 Å². The quantitative estimate of drug-likeness (QED) is 0.0348. The van der Waals surface area contributed by atoms with Gasteiger partial charge in [-0.1, -0.05) is 64.4 Å². The minimum atomic E-state index is -1.74. The second-order valence-electron chi connectivity index (χ2n) is 17.4. The highest BCUT2D eigenvalue weighted by molar-refractivity contribution is 5.98. The normalized spacial score (nSPS) is 14.3. The Kier molecular flexibility index (Phi) is 22.5. The van der Waals surface area contributed by atoms with Crippen LogP contribution in [0.3, 0.4) is 0 Å². The van der Waals surface area contributed by atoms with Crippen molar-refractivity contribution in [2.24, 2.45) is 23.3 Å². The van der Waals surface area contributed by atoms with Crippen molar-refractivity contribution in [2.75, 3.05) is 19.7 Å². The zero-order valence-corrected chi connectivity index (χ0v) is 39.1. The summed E-state index contributed by atoms with van der Waals surface area (Å²) in [6, 6.07) is 2.82. The molecule has 3 aromatic rings. The number of phenolic OH excluding ortho intramolecular Hbond substituents is 1. The Hall–Kier alpha value is -7.11. The van der Waals surface area contributed by atoms with E-state index in [1.54, 1.807) is 58.2 Å². The standard InChI is InChI=1S/C46H66N10O13/c1-24(2)17-32(42(65)54-35(20-37(59)60)41(64)50-22-38(61)62)51-43(66)33(18-26-12-14-28(58)15-13-26)52-44(67)34(19-27-21-49-31-11-6-5-9-29(27)31)53-45(68)36(23-57)55-46(69)39(25(3)4)56-40(63)30(48)10-7-8-16-47/h5-6,9,11-15,21,24-25,30,32-36,39,49,57-58H,7-8,10,16-20,22-23,47-48H2,1-4H3,(H,50,64)(H,51,66)(H,52,67)(H,53,68)(H,54,65)(H,55,69)(H,56,63)(H,59,60)(H,61,62)/t30-,32-,33-,34-,35-,36-,39-/m0/s1. The molecule has 0 bridgehead atoms. The van der Waals surface area contributed by atoms with E-state index in [0.717, 1.165) is 0 Å². The molecule has 23 nitrogen and oxygen atoms in total. The number of aliphatic hydroxyl groups is 1. The van der Waals surface area contributed by atoms with Crippen molar-refractivity contribution < 1.29 is 63.6 Å². The van der Waals surface area contributed by atoms with Gasteiger partial charge in [0.25, 0.3) is 0 Å². The number of para-hydroxylation sites is 1. The lowest BCUT2D eigenvalue weighted by Crippen LogP contribution is -2.61. The number of carbonyl (C=O) groups is 9. The summed E-state index contributed by atoms with van der Waals surface area (Å²) in [5.74, 6) is -10.2. The lowest BCUT2D eigenvalue weighted by atomic mass is 9.99. The van der Waals surface area contributed by atoms with Gasteiger partial charge in [0.15, 0.2) is 0 Å². The number of aromatic hydroxyl groups is 1. The minimum absolute atomic E-state index is 0.0511. The third kappa shape index (κ3) is 18.5. The van der Waals surface area contributed by atoms with Gasteiger partial charge in [0.1, 0.15) is 48.5 Å². The Bertz CT molecular complexity index is 2250. The fourth-order valence-electron chi connectivity index (χ4n) is 7.16. The van der Waals surface area contributed by atoms with Crippen LogP contribution >= 0.6 is 0 Å². The van der Waals surface area contributed by atoms with Crippen LogP contribution in [0.2, 0.25) is 0 Å². The number of amides is 7. The van der Waals surface area contributed by atoms with Gasteiger partial charge in [-0.15, -0.1) is 0 Å². The average Bonchev–Trinajstić information content (AvgIpc) is 3.70. The molecule has 0 spiro atoms. The first kappa shape index (κ1) is 56.2. The van der Waals surface area contributed by atoms with Crippen molar-refractivity contribution in [2.45, 2.75) is 115 Å². The van der Waals surface area contributed by atoms with E-state index in [1.165, 1.54) is 24.3 Å². The van der Waals surface area contributed by atoms with Crippen LogP contribution in [0.4, 0.5) is 0 Å². The van der Waals surface area contributed by atoms with E-state index in [-0.39, 0.29) is 30.9 Å². The highest BCUT2D eigenvalue weighted by atomic mass is 16.4. The number of phenols is 1. The molecule has 0 unspecified atom stereocenters. The molecular formula is C46H66N10O13. The van der Waals surface area contributed by atoms with Gasteiger partial charge in [0, 0.05) is 29.9 Å². The number of unbranched alkanes of at least 4 members (excludes halogenated alkanes) is 1. The van der Waals surface area contributed by atoms with Crippen LogP contribution in [0, 0.1) is 11.8 Å². The molecule has 0 saturated carbocycles. The summed E-state index contributed by atoms with van der Waals surface area (Å²) >= 11 is 0. The van der Waals surface area contributed by atoms with E-state index in [2.05, 4.69) is 36.9 Å². The monoisotopic (exact) mass is 966 g/mol. The maximum absolute atomic E-state index is 14.5. The van der Waals surface area contributed by atoms with Crippen LogP contribution in [0.15, 0.2) is 54.7 Å². The highest BCUT2D eigenvalue weighted by Gasteiger charge is 2.35. The van der Waals surface area contributed by atoms with Crippen LogP contribution in [0.25, 0.3) is 10.9 Å². The first-order chi connectivity index (χ1) is 32.6. The molecule has 1 heterocycles. The fourth-order valence-corrected chi connectivity index (χ4v) is 7.16. The van der Waals surface area contributed by atoms with E-state index < -0.39 is 121 Å². The van der Waals surface area contributed by atoms with E-state index in [4.69, 9.17) is 16.6 Å². The van der Waals surface area contributed by atoms with Crippen LogP contribution < -0.4 is 48.7 Å². The molecule has 3 rings (SSSR count). The third-order valence-corrected chi connectivity index (χ3v) is 10.9. The molecule has 2 aromatic carbocycles. The molecule has 0 fully saturated rings. The molecule has 0 saturated heterocycles. The smallest absolute Gasteiger partial charge is 0.322 e. The Morgan fingerprint density at radius 2 is 1.20 bits per heavy atom. The largest absolute Gasteiger partial charge is 0.508 e. The number of carbonyl (C=O) groups excluding carboxylic acids is 7. The molecule has 0 aliphatic rings. The van der Waals surface area contributed by atoms with Crippen molar-refractivity contribution in [1.29, 1.82) is 0 Å². The maximum atomic E-state index is 14.5. The summed E-state index contributed by atoms with van der Waals surface area (Å²) in [7, 11) is 0. The predicted molar refractivity (Wildman–Crippen MR) is 251 cm³/mol. The van der Waals surface area contributed by atoms with Gasteiger partial charge >= 0.3 is 11.9 Å². The molecule has 7 amide bonds. The molecule has 0 aliphatic heterocycles. The first-order valence-corrected chi connectivity index (χ1v) is 22.6. The van der Waals surface area contributed by atoms with Crippen LogP contribution in [-0.4, -0.2) is 141 Å². The first-order valence-electron chi connectivity index (χ1n) is 22.6. The number of nitrogens with one attached hydrogen (secondary N) is 8. The second kappa shape index (κ2) is 27.6. The van der Waals surface area contributed by atoms with E-state index in [9.17, 15) is 58.5 Å². The van der Waals surface area contributed by atoms with Crippen molar-refractivity contribution in [3.8, 4) is 5.75 Å². The zero-order valence-electron chi connectivity index (χ0n) is 39.1. The number of benzene rings is 2. The number of carboxylic acids is 2. The van der Waals surface area contributed by atoms with Crippen molar-refractivity contribution in [1.82, 2.24) is 42.2 Å². The number of nitrogens with two attached hydrogens (primary N) is 2. The Labute approximate surface area is 398 Å². The third-order valence-electron chi connectivity index (χ3n) is 10.9. The molecule has 69 heavy (non-hydrogen) atoms. The molecule has 378 valence electrons. The summed E-state index contributed by atoms with van der Waals surface area (Å²) in [5, 5.41) is 56.7. The van der Waals surface area contributed by atoms with Gasteiger partial charge in [-0.25, -0.2) is 0 Å². The molecule has 7 atom stereocenters. The molecule has 0 aliphatic carbocycles. The molecule has 0 radical (unpaired) electrons. The molecule has 1 aromatic heterocycles. The Balaban J connectivity index is 1.97. The Morgan fingerprint density at radius 1 is 0.638 bits per heavy atom. The van der Waals surface area contributed by atoms with E-state index in [1.807, 2.05) is 5.32 Å². The van der Waals surface area contributed by atoms with Crippen LogP contribution in [-0.2, 0) is 56.0 Å². The number of rotatable bonds is 29. The lowest BCUT2D eigenvalue weighted by molar-refractivity contribution is -0.142. The summed E-state index contributed by atoms with van der Waals surface area (Å²) in [6.45, 7) is 5.36. The number of H-pyrrole nitrogens is 1. The predicted octanol–water partition coefficient (Wildman–Crippen LogP) is -1.61.